The van der Waals surface area contributed by atoms with Gasteiger partial charge in [-0.15, -0.1) is 0 Å². The number of methoxy groups -OCH3 is 1. The number of rotatable bonds is 10. The van der Waals surface area contributed by atoms with Crippen molar-refractivity contribution >= 4 is 39.1 Å². The number of halogens is 1. The van der Waals surface area contributed by atoms with Gasteiger partial charge in [-0.1, -0.05) is 59.6 Å². The van der Waals surface area contributed by atoms with E-state index >= 15 is 0 Å². The van der Waals surface area contributed by atoms with Gasteiger partial charge in [0, 0.05) is 18.6 Å². The molecule has 3 aromatic carbocycles. The SMILES string of the molecule is CNC(=O)[C@@H](C)N(Cc1ccccc1Cl)C(=O)CN(c1ccccc1OC)S(=O)(=O)c1ccc(C)cc1. The molecule has 2 amide bonds. The fourth-order valence-corrected chi connectivity index (χ4v) is 5.41. The molecule has 196 valence electrons. The van der Waals surface area contributed by atoms with Gasteiger partial charge in [0.2, 0.25) is 11.8 Å². The Morgan fingerprint density at radius 2 is 1.62 bits per heavy atom. The van der Waals surface area contributed by atoms with Crippen molar-refractivity contribution in [3.63, 3.8) is 0 Å². The largest absolute Gasteiger partial charge is 0.495 e. The maximum absolute atomic E-state index is 13.8. The fraction of sp³-hybridized carbons (Fsp3) is 0.259. The van der Waals surface area contributed by atoms with Gasteiger partial charge in [0.25, 0.3) is 10.0 Å². The van der Waals surface area contributed by atoms with Gasteiger partial charge in [-0.2, -0.15) is 0 Å². The molecule has 0 spiro atoms. The lowest BCUT2D eigenvalue weighted by atomic mass is 10.1. The minimum Gasteiger partial charge on any atom is -0.495 e. The molecule has 0 aliphatic heterocycles. The maximum atomic E-state index is 13.8. The molecule has 0 radical (unpaired) electrons. The number of carbonyl (C=O) groups excluding carboxylic acids is 2. The van der Waals surface area contributed by atoms with E-state index in [0.29, 0.717) is 10.6 Å². The zero-order valence-electron chi connectivity index (χ0n) is 21.1. The first kappa shape index (κ1) is 28.0. The number of likely N-dealkylation sites (N-methyl/N-ethyl adjacent to an activating group) is 1. The Hall–Kier alpha value is -3.56. The molecule has 3 rings (SSSR count). The highest BCUT2D eigenvalue weighted by atomic mass is 35.5. The number of carbonyl (C=O) groups is 2. The lowest BCUT2D eigenvalue weighted by Crippen LogP contribution is -2.50. The Kier molecular flexibility index (Phi) is 9.18. The summed E-state index contributed by atoms with van der Waals surface area (Å²) in [4.78, 5) is 27.7. The minimum absolute atomic E-state index is 0.0113. The number of hydrogen-bond donors (Lipinski definition) is 1. The van der Waals surface area contributed by atoms with Crippen LogP contribution in [0.5, 0.6) is 5.75 Å². The highest BCUT2D eigenvalue weighted by molar-refractivity contribution is 7.92. The standard InChI is InChI=1S/C27H30ClN3O5S/c1-19-13-15-22(16-14-19)37(34,35)31(24-11-7-8-12-25(24)36-4)18-26(32)30(20(2)27(33)29-3)17-21-9-5-6-10-23(21)28/h5-16,20H,17-18H2,1-4H3,(H,29,33)/t20-/m1/s1. The van der Waals surface area contributed by atoms with Crippen molar-refractivity contribution in [1.29, 1.82) is 0 Å². The third-order valence-corrected chi connectivity index (χ3v) is 8.10. The molecule has 0 saturated heterocycles. The van der Waals surface area contributed by atoms with Crippen LogP contribution in [0.25, 0.3) is 0 Å². The summed E-state index contributed by atoms with van der Waals surface area (Å²) in [5, 5.41) is 2.98. The highest BCUT2D eigenvalue weighted by Crippen LogP contribution is 2.32. The van der Waals surface area contributed by atoms with Crippen LogP contribution < -0.4 is 14.4 Å². The Labute approximate surface area is 222 Å². The number of hydrogen-bond acceptors (Lipinski definition) is 5. The molecule has 37 heavy (non-hydrogen) atoms. The Bertz CT molecular complexity index is 1360. The van der Waals surface area contributed by atoms with Crippen LogP contribution in [0.1, 0.15) is 18.1 Å². The summed E-state index contributed by atoms with van der Waals surface area (Å²) >= 11 is 6.34. The maximum Gasteiger partial charge on any atom is 0.264 e. The van der Waals surface area contributed by atoms with Crippen molar-refractivity contribution in [3.05, 3.63) is 88.9 Å². The third kappa shape index (κ3) is 6.42. The first-order valence-corrected chi connectivity index (χ1v) is 13.4. The topological polar surface area (TPSA) is 96.0 Å². The molecule has 0 saturated carbocycles. The summed E-state index contributed by atoms with van der Waals surface area (Å²) < 4.78 is 34.1. The first-order chi connectivity index (χ1) is 17.6. The third-order valence-electron chi connectivity index (χ3n) is 5.95. The second-order valence-corrected chi connectivity index (χ2v) is 10.7. The molecule has 1 atom stereocenters. The second-order valence-electron chi connectivity index (χ2n) is 8.40. The highest BCUT2D eigenvalue weighted by Gasteiger charge is 2.33. The molecule has 0 fully saturated rings. The summed E-state index contributed by atoms with van der Waals surface area (Å²) in [5.74, 6) is -0.703. The number of nitrogens with zero attached hydrogens (tertiary/aromatic N) is 2. The van der Waals surface area contributed by atoms with Crippen LogP contribution in [-0.2, 0) is 26.2 Å². The zero-order chi connectivity index (χ0) is 27.2. The predicted molar refractivity (Wildman–Crippen MR) is 144 cm³/mol. The normalized spacial score (nSPS) is 11.9. The number of aryl methyl sites for hydroxylation is 1. The summed E-state index contributed by atoms with van der Waals surface area (Å²) in [7, 11) is -1.29. The van der Waals surface area contributed by atoms with Crippen molar-refractivity contribution in [1.82, 2.24) is 10.2 Å². The Balaban J connectivity index is 2.08. The number of sulfonamides is 1. The lowest BCUT2D eigenvalue weighted by molar-refractivity contribution is -0.139. The van der Waals surface area contributed by atoms with E-state index in [9.17, 15) is 18.0 Å². The second kappa shape index (κ2) is 12.1. The summed E-state index contributed by atoms with van der Waals surface area (Å²) in [6, 6.07) is 19.0. The van der Waals surface area contributed by atoms with Crippen molar-refractivity contribution in [2.24, 2.45) is 0 Å². The van der Waals surface area contributed by atoms with Gasteiger partial charge in [0.1, 0.15) is 18.3 Å². The number of amides is 2. The van der Waals surface area contributed by atoms with Gasteiger partial charge in [0.05, 0.1) is 17.7 Å². The Morgan fingerprint density at radius 3 is 2.24 bits per heavy atom. The zero-order valence-corrected chi connectivity index (χ0v) is 22.7. The molecule has 3 aromatic rings. The van der Waals surface area contributed by atoms with E-state index in [0.717, 1.165) is 9.87 Å². The van der Waals surface area contributed by atoms with E-state index in [1.807, 2.05) is 6.92 Å². The number of benzene rings is 3. The van der Waals surface area contributed by atoms with Gasteiger partial charge in [-0.05, 0) is 49.7 Å². The van der Waals surface area contributed by atoms with Gasteiger partial charge >= 0.3 is 0 Å². The summed E-state index contributed by atoms with van der Waals surface area (Å²) in [5.41, 5.74) is 1.71. The smallest absolute Gasteiger partial charge is 0.264 e. The van der Waals surface area contributed by atoms with Crippen LogP contribution >= 0.6 is 11.6 Å². The molecule has 0 aliphatic carbocycles. The molecule has 10 heteroatoms. The van der Waals surface area contributed by atoms with Gasteiger partial charge in [-0.3, -0.25) is 13.9 Å². The van der Waals surface area contributed by atoms with Gasteiger partial charge in [0.15, 0.2) is 0 Å². The van der Waals surface area contributed by atoms with Crippen LogP contribution in [0.2, 0.25) is 5.02 Å². The van der Waals surface area contributed by atoms with Gasteiger partial charge in [-0.25, -0.2) is 8.42 Å². The summed E-state index contributed by atoms with van der Waals surface area (Å²) in [6.07, 6.45) is 0. The molecular formula is C27H30ClN3O5S. The van der Waals surface area contributed by atoms with E-state index < -0.39 is 34.4 Å². The van der Waals surface area contributed by atoms with Crippen LogP contribution in [0.3, 0.4) is 0 Å². The van der Waals surface area contributed by atoms with E-state index in [1.54, 1.807) is 67.6 Å². The molecular weight excluding hydrogens is 514 g/mol. The van der Waals surface area contributed by atoms with E-state index in [4.69, 9.17) is 16.3 Å². The molecule has 0 unspecified atom stereocenters. The summed E-state index contributed by atoms with van der Waals surface area (Å²) in [6.45, 7) is 2.87. The van der Waals surface area contributed by atoms with Crippen LogP contribution in [-0.4, -0.2) is 51.9 Å². The number of ether oxygens (including phenoxy) is 1. The minimum atomic E-state index is -4.19. The number of anilines is 1. The number of para-hydroxylation sites is 2. The van der Waals surface area contributed by atoms with Crippen molar-refractivity contribution in [3.8, 4) is 5.75 Å². The lowest BCUT2D eigenvalue weighted by Gasteiger charge is -2.32. The van der Waals surface area contributed by atoms with Crippen LogP contribution in [0, 0.1) is 6.92 Å². The molecule has 0 aliphatic rings. The van der Waals surface area contributed by atoms with E-state index in [-0.39, 0.29) is 22.9 Å². The first-order valence-electron chi connectivity index (χ1n) is 11.6. The van der Waals surface area contributed by atoms with Crippen LogP contribution in [0.4, 0.5) is 5.69 Å². The van der Waals surface area contributed by atoms with Crippen molar-refractivity contribution in [2.45, 2.75) is 31.3 Å². The van der Waals surface area contributed by atoms with E-state index in [1.165, 1.54) is 31.2 Å². The average molecular weight is 544 g/mol. The Morgan fingerprint density at radius 1 is 1.00 bits per heavy atom. The van der Waals surface area contributed by atoms with E-state index in [2.05, 4.69) is 5.32 Å². The molecule has 0 heterocycles. The predicted octanol–water partition coefficient (Wildman–Crippen LogP) is 4.02. The molecule has 0 bridgehead atoms. The molecule has 1 N–H and O–H groups in total. The van der Waals surface area contributed by atoms with Gasteiger partial charge < -0.3 is 15.0 Å². The van der Waals surface area contributed by atoms with Crippen LogP contribution in [0.15, 0.2) is 77.7 Å². The van der Waals surface area contributed by atoms with Crippen molar-refractivity contribution < 1.29 is 22.7 Å². The average Bonchev–Trinajstić information content (AvgIpc) is 2.90. The fourth-order valence-electron chi connectivity index (χ4n) is 3.79. The molecule has 8 nitrogen and oxygen atoms in total. The number of nitrogens with one attached hydrogen (secondary N) is 1. The monoisotopic (exact) mass is 543 g/mol. The van der Waals surface area contributed by atoms with Crippen molar-refractivity contribution in [2.75, 3.05) is 25.0 Å². The quantitative estimate of drug-likeness (QED) is 0.417. The molecule has 0 aromatic heterocycles.